The molecule has 3 aromatic carbocycles. The molecule has 0 aliphatic rings. The Bertz CT molecular complexity index is 937. The normalized spacial score (nSPS) is 10.1. The summed E-state index contributed by atoms with van der Waals surface area (Å²) in [7, 11) is 3.75. The minimum Gasteiger partial charge on any atom is -0.385 e. The monoisotopic (exact) mass is 457 g/mol. The highest BCUT2D eigenvalue weighted by Crippen LogP contribution is 2.27. The number of carbonyl (C=O) groups is 1. The number of amides is 1. The van der Waals surface area contributed by atoms with Gasteiger partial charge in [-0.1, -0.05) is 48.7 Å². The predicted molar refractivity (Wildman–Crippen MR) is 135 cm³/mol. The highest BCUT2D eigenvalue weighted by atomic mass is 35.5. The molecule has 3 N–H and O–H groups in total. The van der Waals surface area contributed by atoms with E-state index < -0.39 is 0 Å². The first kappa shape index (κ1) is 24.7. The Labute approximate surface area is 195 Å². The number of nitrogens with one attached hydrogen (secondary N) is 3. The van der Waals surface area contributed by atoms with Gasteiger partial charge in [-0.05, 0) is 86.2 Å². The quantitative estimate of drug-likeness (QED) is 0.336. The zero-order chi connectivity index (χ0) is 22.6. The van der Waals surface area contributed by atoms with E-state index in [2.05, 4.69) is 22.9 Å². The average Bonchev–Trinajstić information content (AvgIpc) is 2.75. The molecule has 0 unspecified atom stereocenters. The Kier molecular flexibility index (Phi) is 10.4. The van der Waals surface area contributed by atoms with Crippen molar-refractivity contribution in [2.24, 2.45) is 0 Å². The van der Waals surface area contributed by atoms with E-state index in [4.69, 9.17) is 23.2 Å². The average molecular weight is 458 g/mol. The summed E-state index contributed by atoms with van der Waals surface area (Å²) in [4.78, 5) is 12.5. The maximum absolute atomic E-state index is 12.5. The lowest BCUT2D eigenvalue weighted by molar-refractivity contribution is 0.102. The molecule has 0 aliphatic heterocycles. The first-order valence-electron chi connectivity index (χ1n) is 10.3. The zero-order valence-electron chi connectivity index (χ0n) is 18.1. The van der Waals surface area contributed by atoms with Gasteiger partial charge in [0.1, 0.15) is 0 Å². The van der Waals surface area contributed by atoms with Crippen LogP contribution in [0.25, 0.3) is 11.1 Å². The van der Waals surface area contributed by atoms with Gasteiger partial charge in [0.15, 0.2) is 0 Å². The van der Waals surface area contributed by atoms with Gasteiger partial charge in [-0.25, -0.2) is 0 Å². The highest BCUT2D eigenvalue weighted by molar-refractivity contribution is 6.35. The summed E-state index contributed by atoms with van der Waals surface area (Å²) in [5.41, 5.74) is 4.26. The summed E-state index contributed by atoms with van der Waals surface area (Å²) in [5, 5.41) is 10.2. The minimum atomic E-state index is -0.151. The Balaban J connectivity index is 0.00000107. The molecule has 0 saturated carbocycles. The van der Waals surface area contributed by atoms with Crippen molar-refractivity contribution in [3.63, 3.8) is 0 Å². The molecule has 0 aliphatic carbocycles. The van der Waals surface area contributed by atoms with Crippen LogP contribution in [-0.4, -0.2) is 26.5 Å². The van der Waals surface area contributed by atoms with Crippen molar-refractivity contribution in [3.8, 4) is 11.1 Å². The fraction of sp³-hybridized carbons (Fsp3) is 0.240. The van der Waals surface area contributed by atoms with Crippen molar-refractivity contribution in [3.05, 3.63) is 82.3 Å². The molecular weight excluding hydrogens is 429 g/mol. The SMILES string of the molecule is CCCCNc1ccc(NC(=O)c2ccc(-c3cc(Cl)cc(Cl)c3)cc2)cc1.CNC. The van der Waals surface area contributed by atoms with Gasteiger partial charge in [-0.15, -0.1) is 0 Å². The van der Waals surface area contributed by atoms with Gasteiger partial charge in [-0.3, -0.25) is 4.79 Å². The van der Waals surface area contributed by atoms with Crippen molar-refractivity contribution in [1.82, 2.24) is 5.32 Å². The zero-order valence-corrected chi connectivity index (χ0v) is 19.6. The van der Waals surface area contributed by atoms with E-state index in [9.17, 15) is 4.79 Å². The van der Waals surface area contributed by atoms with Crippen molar-refractivity contribution >= 4 is 40.5 Å². The summed E-state index contributed by atoms with van der Waals surface area (Å²) in [6, 6.07) is 20.5. The second kappa shape index (κ2) is 13.0. The van der Waals surface area contributed by atoms with Crippen LogP contribution in [0.1, 0.15) is 30.1 Å². The first-order valence-corrected chi connectivity index (χ1v) is 11.0. The molecule has 3 aromatic rings. The largest absolute Gasteiger partial charge is 0.385 e. The molecule has 0 spiro atoms. The number of anilines is 2. The number of hydrogen-bond acceptors (Lipinski definition) is 3. The second-order valence-electron chi connectivity index (χ2n) is 7.05. The molecule has 6 heteroatoms. The number of benzene rings is 3. The van der Waals surface area contributed by atoms with Crippen LogP contribution in [0, 0.1) is 0 Å². The molecule has 164 valence electrons. The molecule has 0 heterocycles. The van der Waals surface area contributed by atoms with Crippen LogP contribution in [0.3, 0.4) is 0 Å². The molecule has 0 bridgehead atoms. The summed E-state index contributed by atoms with van der Waals surface area (Å²) >= 11 is 12.1. The van der Waals surface area contributed by atoms with Crippen LogP contribution in [0.4, 0.5) is 11.4 Å². The van der Waals surface area contributed by atoms with Crippen molar-refractivity contribution in [1.29, 1.82) is 0 Å². The van der Waals surface area contributed by atoms with Crippen LogP contribution in [0.5, 0.6) is 0 Å². The van der Waals surface area contributed by atoms with E-state index >= 15 is 0 Å². The Hall–Kier alpha value is -2.53. The van der Waals surface area contributed by atoms with E-state index in [1.807, 2.05) is 62.6 Å². The summed E-state index contributed by atoms with van der Waals surface area (Å²) in [6.45, 7) is 3.11. The van der Waals surface area contributed by atoms with Crippen LogP contribution >= 0.6 is 23.2 Å². The standard InChI is InChI=1S/C23H22Cl2N2O.C2H7N/c1-2-3-12-26-21-8-10-22(11-9-21)27-23(28)17-6-4-16(5-7-17)18-13-19(24)15-20(25)14-18;1-3-2/h4-11,13-15,26H,2-3,12H2,1H3,(H,27,28);3H,1-2H3. The lowest BCUT2D eigenvalue weighted by Gasteiger charge is -2.09. The third-order valence-corrected chi connectivity index (χ3v) is 4.78. The Morgan fingerprint density at radius 2 is 1.35 bits per heavy atom. The van der Waals surface area contributed by atoms with Crippen LogP contribution in [0.2, 0.25) is 10.0 Å². The fourth-order valence-corrected chi connectivity index (χ4v) is 3.34. The Morgan fingerprint density at radius 3 is 1.90 bits per heavy atom. The van der Waals surface area contributed by atoms with E-state index in [-0.39, 0.29) is 5.91 Å². The maximum atomic E-state index is 12.5. The van der Waals surface area contributed by atoms with E-state index in [1.165, 1.54) is 0 Å². The van der Waals surface area contributed by atoms with E-state index in [0.29, 0.717) is 15.6 Å². The summed E-state index contributed by atoms with van der Waals surface area (Å²) in [5.74, 6) is -0.151. The van der Waals surface area contributed by atoms with Crippen molar-refractivity contribution in [2.75, 3.05) is 31.3 Å². The number of rotatable bonds is 7. The van der Waals surface area contributed by atoms with Gasteiger partial charge in [0.05, 0.1) is 0 Å². The van der Waals surface area contributed by atoms with Crippen LogP contribution < -0.4 is 16.0 Å². The molecule has 4 nitrogen and oxygen atoms in total. The number of hydrogen-bond donors (Lipinski definition) is 3. The van der Waals surface area contributed by atoms with E-state index in [0.717, 1.165) is 41.9 Å². The second-order valence-corrected chi connectivity index (χ2v) is 7.92. The lowest BCUT2D eigenvalue weighted by Crippen LogP contribution is -2.11. The fourth-order valence-electron chi connectivity index (χ4n) is 2.82. The van der Waals surface area contributed by atoms with Gasteiger partial charge in [0.25, 0.3) is 5.91 Å². The van der Waals surface area contributed by atoms with Gasteiger partial charge in [0.2, 0.25) is 0 Å². The van der Waals surface area contributed by atoms with Crippen LogP contribution in [-0.2, 0) is 0 Å². The van der Waals surface area contributed by atoms with Gasteiger partial charge in [0, 0.05) is 33.5 Å². The maximum Gasteiger partial charge on any atom is 0.255 e. The van der Waals surface area contributed by atoms with Gasteiger partial charge >= 0.3 is 0 Å². The smallest absolute Gasteiger partial charge is 0.255 e. The molecule has 1 amide bonds. The third-order valence-electron chi connectivity index (χ3n) is 4.35. The molecule has 31 heavy (non-hydrogen) atoms. The molecular formula is C25H29Cl2N3O. The van der Waals surface area contributed by atoms with Crippen LogP contribution in [0.15, 0.2) is 66.7 Å². The minimum absolute atomic E-state index is 0.151. The van der Waals surface area contributed by atoms with E-state index in [1.54, 1.807) is 18.2 Å². The topological polar surface area (TPSA) is 53.2 Å². The first-order chi connectivity index (χ1) is 15.0. The van der Waals surface area contributed by atoms with Crippen molar-refractivity contribution in [2.45, 2.75) is 19.8 Å². The summed E-state index contributed by atoms with van der Waals surface area (Å²) < 4.78 is 0. The Morgan fingerprint density at radius 1 is 0.806 bits per heavy atom. The highest BCUT2D eigenvalue weighted by Gasteiger charge is 2.08. The molecule has 0 aromatic heterocycles. The van der Waals surface area contributed by atoms with Gasteiger partial charge < -0.3 is 16.0 Å². The molecule has 0 radical (unpaired) electrons. The molecule has 0 saturated heterocycles. The number of carbonyl (C=O) groups excluding carboxylic acids is 1. The number of halogens is 2. The van der Waals surface area contributed by atoms with Crippen molar-refractivity contribution < 1.29 is 4.79 Å². The van der Waals surface area contributed by atoms with Gasteiger partial charge in [-0.2, -0.15) is 0 Å². The third kappa shape index (κ3) is 8.25. The number of unbranched alkanes of at least 4 members (excludes halogenated alkanes) is 1. The lowest BCUT2D eigenvalue weighted by atomic mass is 10.0. The summed E-state index contributed by atoms with van der Waals surface area (Å²) in [6.07, 6.45) is 2.29. The molecule has 0 fully saturated rings. The molecule has 0 atom stereocenters. The predicted octanol–water partition coefficient (Wildman–Crippen LogP) is 6.96. The molecule has 3 rings (SSSR count).